The van der Waals surface area contributed by atoms with Gasteiger partial charge in [0, 0.05) is 4.47 Å². The number of hydrogen-bond donors (Lipinski definition) is 1. The monoisotopic (exact) mass is 618 g/mol. The van der Waals surface area contributed by atoms with Gasteiger partial charge in [0.25, 0.3) is 0 Å². The summed E-state index contributed by atoms with van der Waals surface area (Å²) in [4.78, 5) is 11.3. The van der Waals surface area contributed by atoms with E-state index in [4.69, 9.17) is 32.7 Å². The molecule has 0 aliphatic heterocycles. The zero-order valence-corrected chi connectivity index (χ0v) is 22.8. The molecule has 0 aromatic heterocycles. The zero-order chi connectivity index (χ0) is 27.2. The molecule has 0 saturated carbocycles. The maximum Gasteiger partial charge on any atom is 0.416 e. The van der Waals surface area contributed by atoms with Crippen LogP contribution < -0.4 is 4.74 Å². The summed E-state index contributed by atoms with van der Waals surface area (Å²) >= 11 is 16.2. The lowest BCUT2D eigenvalue weighted by atomic mass is 9.99. The SMILES string of the molecule is CCC(Oc1ccc(CCC(OCc2ccc(Br)cc2)c2ccc(C(F)(F)F)cc2)c(Cl)c1Cl)C(=O)O. The molecule has 37 heavy (non-hydrogen) atoms. The topological polar surface area (TPSA) is 55.8 Å². The molecular formula is C27H24BrCl2F3O4. The van der Waals surface area contributed by atoms with Gasteiger partial charge in [-0.2, -0.15) is 13.2 Å². The average Bonchev–Trinajstić information content (AvgIpc) is 2.86. The molecule has 3 rings (SSSR count). The Balaban J connectivity index is 1.79. The maximum absolute atomic E-state index is 13.0. The Hall–Kier alpha value is -2.26. The molecule has 4 nitrogen and oxygen atoms in total. The standard InChI is InChI=1S/C27H24BrCl2F3O4/c1-2-21(26(34)35)37-23-14-8-18(24(29)25(23)30)7-13-22(36-15-16-3-11-20(28)12-4-16)17-5-9-19(10-6-17)27(31,32)33/h3-6,8-12,14,21-22H,2,7,13,15H2,1H3,(H,34,35). The first-order chi connectivity index (χ1) is 17.5. The molecule has 3 aromatic rings. The van der Waals surface area contributed by atoms with Crippen molar-refractivity contribution in [1.82, 2.24) is 0 Å². The van der Waals surface area contributed by atoms with Crippen LogP contribution in [0.15, 0.2) is 65.1 Å². The first-order valence-electron chi connectivity index (χ1n) is 11.4. The minimum absolute atomic E-state index is 0.0979. The van der Waals surface area contributed by atoms with Gasteiger partial charge in [-0.25, -0.2) is 4.79 Å². The van der Waals surface area contributed by atoms with Gasteiger partial charge in [-0.3, -0.25) is 0 Å². The summed E-state index contributed by atoms with van der Waals surface area (Å²) in [6, 6.07) is 15.7. The first kappa shape index (κ1) is 29.3. The van der Waals surface area contributed by atoms with Crippen LogP contribution in [0, 0.1) is 0 Å². The van der Waals surface area contributed by atoms with Crippen molar-refractivity contribution in [2.45, 2.75) is 51.2 Å². The molecule has 0 spiro atoms. The molecule has 0 aliphatic rings. The number of halogens is 6. The van der Waals surface area contributed by atoms with Crippen molar-refractivity contribution in [3.8, 4) is 5.75 Å². The van der Waals surface area contributed by atoms with Gasteiger partial charge >= 0.3 is 12.1 Å². The van der Waals surface area contributed by atoms with Crippen molar-refractivity contribution in [1.29, 1.82) is 0 Å². The predicted octanol–water partition coefficient (Wildman–Crippen LogP) is 8.91. The van der Waals surface area contributed by atoms with E-state index < -0.39 is 29.9 Å². The van der Waals surface area contributed by atoms with E-state index in [1.54, 1.807) is 19.1 Å². The van der Waals surface area contributed by atoms with Crippen LogP contribution in [-0.2, 0) is 28.7 Å². The lowest BCUT2D eigenvalue weighted by molar-refractivity contribution is -0.145. The van der Waals surface area contributed by atoms with Crippen LogP contribution in [0.1, 0.15) is 48.1 Å². The third-order valence-corrected chi connectivity index (χ3v) is 7.12. The second kappa shape index (κ2) is 13.0. The quantitative estimate of drug-likeness (QED) is 0.233. The van der Waals surface area contributed by atoms with Crippen LogP contribution in [0.5, 0.6) is 5.75 Å². The number of rotatable bonds is 11. The number of benzene rings is 3. The van der Waals surface area contributed by atoms with E-state index >= 15 is 0 Å². The Labute approximate surface area is 231 Å². The lowest BCUT2D eigenvalue weighted by Crippen LogP contribution is -2.26. The van der Waals surface area contributed by atoms with E-state index in [1.165, 1.54) is 12.1 Å². The third kappa shape index (κ3) is 8.11. The van der Waals surface area contributed by atoms with Crippen LogP contribution in [0.2, 0.25) is 10.0 Å². The third-order valence-electron chi connectivity index (χ3n) is 5.69. The van der Waals surface area contributed by atoms with Crippen LogP contribution >= 0.6 is 39.1 Å². The summed E-state index contributed by atoms with van der Waals surface area (Å²) in [6.07, 6.45) is -4.96. The van der Waals surface area contributed by atoms with Crippen molar-refractivity contribution < 1.29 is 32.5 Å². The molecule has 10 heteroatoms. The predicted molar refractivity (Wildman–Crippen MR) is 140 cm³/mol. The van der Waals surface area contributed by atoms with Crippen molar-refractivity contribution in [2.24, 2.45) is 0 Å². The van der Waals surface area contributed by atoms with Crippen LogP contribution in [0.25, 0.3) is 0 Å². The van der Waals surface area contributed by atoms with Crippen LogP contribution in [0.4, 0.5) is 13.2 Å². The molecule has 0 amide bonds. The highest BCUT2D eigenvalue weighted by Gasteiger charge is 2.30. The Bertz CT molecular complexity index is 1200. The fourth-order valence-electron chi connectivity index (χ4n) is 3.61. The largest absolute Gasteiger partial charge is 0.479 e. The first-order valence-corrected chi connectivity index (χ1v) is 12.9. The molecule has 0 radical (unpaired) electrons. The highest BCUT2D eigenvalue weighted by molar-refractivity contribution is 9.10. The fourth-order valence-corrected chi connectivity index (χ4v) is 4.36. The van der Waals surface area contributed by atoms with Crippen molar-refractivity contribution in [2.75, 3.05) is 0 Å². The van der Waals surface area contributed by atoms with Crippen LogP contribution in [0.3, 0.4) is 0 Å². The van der Waals surface area contributed by atoms with Gasteiger partial charge in [-0.1, -0.05) is 76.4 Å². The molecule has 198 valence electrons. The number of carbonyl (C=O) groups is 1. The molecule has 2 unspecified atom stereocenters. The van der Waals surface area contributed by atoms with E-state index in [9.17, 15) is 23.1 Å². The smallest absolute Gasteiger partial charge is 0.416 e. The fraction of sp³-hybridized carbons (Fsp3) is 0.296. The van der Waals surface area contributed by atoms with Gasteiger partial charge < -0.3 is 14.6 Å². The van der Waals surface area contributed by atoms with Gasteiger partial charge in [-0.05, 0) is 66.3 Å². The number of carboxylic acids is 1. The van der Waals surface area contributed by atoms with Crippen molar-refractivity contribution in [3.63, 3.8) is 0 Å². The molecule has 0 aliphatic carbocycles. The Morgan fingerprint density at radius 2 is 1.65 bits per heavy atom. The van der Waals surface area contributed by atoms with Gasteiger partial charge in [0.15, 0.2) is 6.10 Å². The molecule has 0 heterocycles. The summed E-state index contributed by atoms with van der Waals surface area (Å²) < 4.78 is 51.7. The molecule has 2 atom stereocenters. The minimum atomic E-state index is -4.43. The molecule has 0 bridgehead atoms. The molecule has 1 N–H and O–H groups in total. The average molecular weight is 620 g/mol. The summed E-state index contributed by atoms with van der Waals surface area (Å²) in [5, 5.41) is 9.55. The van der Waals surface area contributed by atoms with E-state index in [2.05, 4.69) is 15.9 Å². The Morgan fingerprint density at radius 1 is 1.00 bits per heavy atom. The lowest BCUT2D eigenvalue weighted by Gasteiger charge is -2.20. The van der Waals surface area contributed by atoms with Gasteiger partial charge in [0.1, 0.15) is 10.8 Å². The zero-order valence-electron chi connectivity index (χ0n) is 19.7. The summed E-state index contributed by atoms with van der Waals surface area (Å²) in [7, 11) is 0. The highest BCUT2D eigenvalue weighted by Crippen LogP contribution is 2.37. The van der Waals surface area contributed by atoms with Gasteiger partial charge in [0.2, 0.25) is 0 Å². The van der Waals surface area contributed by atoms with Crippen LogP contribution in [-0.4, -0.2) is 17.2 Å². The summed E-state index contributed by atoms with van der Waals surface area (Å²) in [6.45, 7) is 1.94. The molecule has 3 aromatic carbocycles. The van der Waals surface area contributed by atoms with E-state index in [1.807, 2.05) is 24.3 Å². The molecule has 0 fully saturated rings. The van der Waals surface area contributed by atoms with Crippen molar-refractivity contribution in [3.05, 3.63) is 97.4 Å². The number of alkyl halides is 3. The maximum atomic E-state index is 13.0. The summed E-state index contributed by atoms with van der Waals surface area (Å²) in [5.74, 6) is -0.948. The number of ether oxygens (including phenoxy) is 2. The number of aliphatic carboxylic acids is 1. The van der Waals surface area contributed by atoms with E-state index in [-0.39, 0.29) is 28.8 Å². The number of aryl methyl sites for hydroxylation is 1. The second-order valence-corrected chi connectivity index (χ2v) is 9.96. The van der Waals surface area contributed by atoms with Gasteiger partial charge in [0.05, 0.1) is 23.3 Å². The van der Waals surface area contributed by atoms with Crippen molar-refractivity contribution >= 4 is 45.1 Å². The molecule has 0 saturated heterocycles. The Kier molecular flexibility index (Phi) is 10.3. The minimum Gasteiger partial charge on any atom is -0.479 e. The highest BCUT2D eigenvalue weighted by atomic mass is 79.9. The molecular weight excluding hydrogens is 596 g/mol. The van der Waals surface area contributed by atoms with Gasteiger partial charge in [-0.15, -0.1) is 0 Å². The summed E-state index contributed by atoms with van der Waals surface area (Å²) in [5.41, 5.74) is 1.44. The number of hydrogen-bond acceptors (Lipinski definition) is 3. The number of carboxylic acid groups (broad SMARTS) is 1. The van der Waals surface area contributed by atoms with E-state index in [0.717, 1.165) is 22.2 Å². The Morgan fingerprint density at radius 3 is 2.22 bits per heavy atom. The normalized spacial score (nSPS) is 13.3. The van der Waals surface area contributed by atoms with E-state index in [0.29, 0.717) is 24.0 Å². The second-order valence-electron chi connectivity index (χ2n) is 8.29.